The lowest BCUT2D eigenvalue weighted by atomic mass is 10.3. The molecule has 0 saturated carbocycles. The minimum Gasteiger partial charge on any atom is -0.302 e. The molecule has 92 valence electrons. The Balaban J connectivity index is 2.46. The summed E-state index contributed by atoms with van der Waals surface area (Å²) in [6, 6.07) is 0. The number of hydrogen-bond donors (Lipinski definition) is 2. The third-order valence-corrected chi connectivity index (χ3v) is 4.06. The topological polar surface area (TPSA) is 29.9 Å². The van der Waals surface area contributed by atoms with Crippen LogP contribution in [0.1, 0.15) is 26.2 Å². The highest BCUT2D eigenvalue weighted by Crippen LogP contribution is 2.24. The molecule has 1 N–H and O–H groups in total. The predicted octanol–water partition coefficient (Wildman–Crippen LogP) is 2.72. The summed E-state index contributed by atoms with van der Waals surface area (Å²) in [5, 5.41) is 3.20. The highest BCUT2D eigenvalue weighted by molar-refractivity contribution is 8.69. The van der Waals surface area contributed by atoms with E-state index in [-0.39, 0.29) is 4.87 Å². The van der Waals surface area contributed by atoms with Crippen LogP contribution in [0.15, 0.2) is 12.4 Å². The quantitative estimate of drug-likeness (QED) is 0.472. The first-order chi connectivity index (χ1) is 7.46. The van der Waals surface area contributed by atoms with Crippen molar-refractivity contribution in [3.63, 3.8) is 0 Å². The van der Waals surface area contributed by atoms with Gasteiger partial charge in [-0.25, -0.2) is 4.98 Å². The number of nitrogens with one attached hydrogen (secondary N) is 1. The van der Waals surface area contributed by atoms with Gasteiger partial charge >= 0.3 is 6.55 Å². The number of imidazole rings is 1. The summed E-state index contributed by atoms with van der Waals surface area (Å²) in [5.41, 5.74) is 0. The Morgan fingerprint density at radius 2 is 2.31 bits per heavy atom. The third-order valence-electron chi connectivity index (χ3n) is 2.09. The van der Waals surface area contributed by atoms with Gasteiger partial charge in [-0.1, -0.05) is 10.8 Å². The van der Waals surface area contributed by atoms with Gasteiger partial charge in [0, 0.05) is 25.4 Å². The van der Waals surface area contributed by atoms with E-state index in [4.69, 9.17) is 0 Å². The van der Waals surface area contributed by atoms with Crippen molar-refractivity contribution in [1.82, 2.24) is 14.9 Å². The summed E-state index contributed by atoms with van der Waals surface area (Å²) in [4.78, 5) is 3.72. The highest BCUT2D eigenvalue weighted by Gasteiger charge is 2.16. The second-order valence-corrected chi connectivity index (χ2v) is 5.56. The molecule has 0 amide bonds. The van der Waals surface area contributed by atoms with Crippen molar-refractivity contribution in [1.29, 1.82) is 0 Å². The molecule has 1 rings (SSSR count). The summed E-state index contributed by atoms with van der Waals surface area (Å²) >= 11 is 4.12. The van der Waals surface area contributed by atoms with E-state index < -0.39 is 6.55 Å². The second kappa shape index (κ2) is 5.88. The fourth-order valence-corrected chi connectivity index (χ4v) is 1.58. The maximum Gasteiger partial charge on any atom is 0.319 e. The Labute approximate surface area is 103 Å². The number of aromatic nitrogens is 2. The molecule has 0 aliphatic carbocycles. The number of alkyl halides is 2. The van der Waals surface area contributed by atoms with Crippen LogP contribution in [0.2, 0.25) is 0 Å². The summed E-state index contributed by atoms with van der Waals surface area (Å²) in [7, 11) is 1.38. The SMILES string of the molecule is CC(C)(NCCc1nccn1C(F)F)SS. The molecule has 16 heavy (non-hydrogen) atoms. The smallest absolute Gasteiger partial charge is 0.302 e. The van der Waals surface area contributed by atoms with E-state index in [1.54, 1.807) is 0 Å². The van der Waals surface area contributed by atoms with Gasteiger partial charge in [-0.05, 0) is 13.8 Å². The molecule has 0 bridgehead atoms. The first-order valence-electron chi connectivity index (χ1n) is 4.84. The molecule has 0 aliphatic heterocycles. The zero-order chi connectivity index (χ0) is 12.2. The maximum atomic E-state index is 12.5. The fraction of sp³-hybridized carbons (Fsp3) is 0.667. The molecular weight excluding hydrogens is 252 g/mol. The lowest BCUT2D eigenvalue weighted by Gasteiger charge is -2.22. The number of rotatable bonds is 6. The van der Waals surface area contributed by atoms with Crippen molar-refractivity contribution >= 4 is 22.5 Å². The molecule has 0 aromatic carbocycles. The van der Waals surface area contributed by atoms with Crippen LogP contribution in [0.5, 0.6) is 0 Å². The van der Waals surface area contributed by atoms with Gasteiger partial charge in [-0.15, -0.1) is 11.7 Å². The molecular formula is C9H15F2N3S2. The summed E-state index contributed by atoms with van der Waals surface area (Å²) in [5.74, 6) is 0.391. The van der Waals surface area contributed by atoms with Crippen molar-refractivity contribution in [2.45, 2.75) is 31.7 Å². The van der Waals surface area contributed by atoms with E-state index in [9.17, 15) is 8.78 Å². The molecule has 1 heterocycles. The molecule has 7 heteroatoms. The fourth-order valence-electron chi connectivity index (χ4n) is 1.22. The molecule has 0 fully saturated rings. The third kappa shape index (κ3) is 3.95. The van der Waals surface area contributed by atoms with E-state index in [2.05, 4.69) is 22.0 Å². The van der Waals surface area contributed by atoms with Crippen molar-refractivity contribution in [2.75, 3.05) is 6.54 Å². The zero-order valence-electron chi connectivity index (χ0n) is 9.15. The lowest BCUT2D eigenvalue weighted by molar-refractivity contribution is 0.0670. The summed E-state index contributed by atoms with van der Waals surface area (Å²) in [6.45, 7) is 2.02. The molecule has 0 saturated heterocycles. The molecule has 0 radical (unpaired) electrons. The first kappa shape index (κ1) is 13.8. The van der Waals surface area contributed by atoms with Crippen LogP contribution in [-0.4, -0.2) is 21.0 Å². The van der Waals surface area contributed by atoms with Gasteiger partial charge in [-0.2, -0.15) is 8.78 Å². The van der Waals surface area contributed by atoms with Gasteiger partial charge < -0.3 is 5.32 Å². The molecule has 0 aliphatic rings. The van der Waals surface area contributed by atoms with Gasteiger partial charge in [0.25, 0.3) is 0 Å². The molecule has 0 spiro atoms. The van der Waals surface area contributed by atoms with E-state index in [1.165, 1.54) is 23.2 Å². The number of hydrogen-bond acceptors (Lipinski definition) is 4. The Hall–Kier alpha value is -0.270. The average Bonchev–Trinajstić information content (AvgIpc) is 2.66. The second-order valence-electron chi connectivity index (χ2n) is 3.81. The van der Waals surface area contributed by atoms with Crippen LogP contribution < -0.4 is 5.32 Å². The van der Waals surface area contributed by atoms with E-state index >= 15 is 0 Å². The molecule has 0 atom stereocenters. The van der Waals surface area contributed by atoms with Gasteiger partial charge in [0.2, 0.25) is 0 Å². The van der Waals surface area contributed by atoms with Crippen LogP contribution in [0.4, 0.5) is 8.78 Å². The van der Waals surface area contributed by atoms with Gasteiger partial charge in [0.1, 0.15) is 5.82 Å². The van der Waals surface area contributed by atoms with Crippen LogP contribution in [-0.2, 0) is 6.42 Å². The van der Waals surface area contributed by atoms with Gasteiger partial charge in [0.05, 0.1) is 4.87 Å². The van der Waals surface area contributed by atoms with E-state index in [0.29, 0.717) is 18.8 Å². The minimum atomic E-state index is -2.52. The molecule has 1 aromatic heterocycles. The van der Waals surface area contributed by atoms with Crippen molar-refractivity contribution in [3.8, 4) is 0 Å². The highest BCUT2D eigenvalue weighted by atomic mass is 33.1. The maximum absolute atomic E-state index is 12.5. The van der Waals surface area contributed by atoms with Crippen molar-refractivity contribution in [3.05, 3.63) is 18.2 Å². The monoisotopic (exact) mass is 267 g/mol. The molecule has 1 aromatic rings. The summed E-state index contributed by atoms with van der Waals surface area (Å²) < 4.78 is 25.8. The minimum absolute atomic E-state index is 0.175. The Morgan fingerprint density at radius 1 is 1.62 bits per heavy atom. The van der Waals surface area contributed by atoms with Crippen LogP contribution in [0.3, 0.4) is 0 Å². The predicted molar refractivity (Wildman–Crippen MR) is 65.8 cm³/mol. The Morgan fingerprint density at radius 3 is 2.88 bits per heavy atom. The van der Waals surface area contributed by atoms with Crippen molar-refractivity contribution < 1.29 is 8.78 Å². The van der Waals surface area contributed by atoms with Crippen LogP contribution in [0, 0.1) is 0 Å². The molecule has 0 unspecified atom stereocenters. The normalized spacial score (nSPS) is 12.4. The van der Waals surface area contributed by atoms with Crippen molar-refractivity contribution in [2.24, 2.45) is 0 Å². The lowest BCUT2D eigenvalue weighted by Crippen LogP contribution is -2.36. The Kier molecular flexibility index (Phi) is 5.07. The summed E-state index contributed by atoms with van der Waals surface area (Å²) in [6.07, 6.45) is 3.15. The van der Waals surface area contributed by atoms with E-state index in [0.717, 1.165) is 4.57 Å². The Bertz CT molecular complexity index is 328. The van der Waals surface area contributed by atoms with Gasteiger partial charge in [-0.3, -0.25) is 4.57 Å². The number of nitrogens with zero attached hydrogens (tertiary/aromatic N) is 2. The van der Waals surface area contributed by atoms with E-state index in [1.807, 2.05) is 13.8 Å². The van der Waals surface area contributed by atoms with Gasteiger partial charge in [0.15, 0.2) is 0 Å². The molecule has 3 nitrogen and oxygen atoms in total. The largest absolute Gasteiger partial charge is 0.319 e. The van der Waals surface area contributed by atoms with Crippen LogP contribution in [0.25, 0.3) is 0 Å². The van der Waals surface area contributed by atoms with Crippen LogP contribution >= 0.6 is 22.5 Å². The number of halogens is 2. The standard InChI is InChI=1S/C9H15F2N3S2/c1-9(2,16-15)13-4-3-7-12-5-6-14(7)8(10)11/h5-6,8,13,15H,3-4H2,1-2H3. The average molecular weight is 267 g/mol. The number of thiol groups is 1. The first-order valence-corrected chi connectivity index (χ1v) is 6.70. The zero-order valence-corrected chi connectivity index (χ0v) is 10.9.